The highest BCUT2D eigenvalue weighted by Crippen LogP contribution is 2.36. The summed E-state index contributed by atoms with van der Waals surface area (Å²) in [7, 11) is 0. The van der Waals surface area contributed by atoms with Gasteiger partial charge in [0.15, 0.2) is 0 Å². The molecule has 4 rings (SSSR count). The summed E-state index contributed by atoms with van der Waals surface area (Å²) in [6.45, 7) is 2.22. The molecule has 0 bridgehead atoms. The van der Waals surface area contributed by atoms with E-state index in [0.717, 1.165) is 24.4 Å². The first kappa shape index (κ1) is 27.8. The molecule has 2 aromatic rings. The molecule has 0 spiro atoms. The predicted molar refractivity (Wildman–Crippen MR) is 119 cm³/mol. The fraction of sp³-hybridized carbons (Fsp3) is 0.480. The van der Waals surface area contributed by atoms with Gasteiger partial charge in [0, 0.05) is 29.8 Å². The number of amides is 2. The summed E-state index contributed by atoms with van der Waals surface area (Å²) in [6, 6.07) is 1.67. The molecule has 2 aliphatic rings. The van der Waals surface area contributed by atoms with Gasteiger partial charge in [-0.05, 0) is 36.6 Å². The number of benzene rings is 1. The van der Waals surface area contributed by atoms with Crippen LogP contribution in [-0.4, -0.2) is 47.5 Å². The van der Waals surface area contributed by atoms with E-state index in [4.69, 9.17) is 4.74 Å². The molecule has 38 heavy (non-hydrogen) atoms. The number of ether oxygens (including phenoxy) is 1. The summed E-state index contributed by atoms with van der Waals surface area (Å²) >= 11 is 0. The lowest BCUT2D eigenvalue weighted by atomic mass is 9.90. The molecule has 1 aromatic carbocycles. The zero-order valence-corrected chi connectivity index (χ0v) is 20.1. The number of hydrogen-bond acceptors (Lipinski definition) is 4. The monoisotopic (exact) mass is 547 g/mol. The molecular formula is C25H24F7N3O3. The lowest BCUT2D eigenvalue weighted by molar-refractivity contribution is -0.141. The van der Waals surface area contributed by atoms with Gasteiger partial charge < -0.3 is 15.0 Å². The number of halogens is 7. The Morgan fingerprint density at radius 2 is 1.82 bits per heavy atom. The SMILES string of the molecule is CC[C@@H]1C[C@H](C(=O)NC(c2ccc(C(F)(F)F)cc2F)C2COC2)N(C(=O)c2ccnc(C(F)(F)F)c2)C1. The number of aromatic nitrogens is 1. The zero-order valence-electron chi connectivity index (χ0n) is 20.1. The Morgan fingerprint density at radius 3 is 2.37 bits per heavy atom. The van der Waals surface area contributed by atoms with E-state index >= 15 is 0 Å². The molecular weight excluding hydrogens is 523 g/mol. The van der Waals surface area contributed by atoms with Crippen LogP contribution in [0.4, 0.5) is 30.7 Å². The molecule has 2 amide bonds. The predicted octanol–water partition coefficient (Wildman–Crippen LogP) is 5.00. The van der Waals surface area contributed by atoms with Crippen LogP contribution in [0.25, 0.3) is 0 Å². The minimum Gasteiger partial charge on any atom is -0.381 e. The third kappa shape index (κ3) is 5.77. The average Bonchev–Trinajstić information content (AvgIpc) is 3.26. The summed E-state index contributed by atoms with van der Waals surface area (Å²) < 4.78 is 98.3. The van der Waals surface area contributed by atoms with E-state index in [1.165, 1.54) is 4.90 Å². The van der Waals surface area contributed by atoms with Gasteiger partial charge in [-0.25, -0.2) is 4.39 Å². The van der Waals surface area contributed by atoms with Gasteiger partial charge >= 0.3 is 12.4 Å². The summed E-state index contributed by atoms with van der Waals surface area (Å²) in [4.78, 5) is 31.0. The number of pyridine rings is 1. The number of carbonyl (C=O) groups is 2. The van der Waals surface area contributed by atoms with Crippen LogP contribution in [0.2, 0.25) is 0 Å². The molecule has 2 aliphatic heterocycles. The van der Waals surface area contributed by atoms with Crippen molar-refractivity contribution in [1.29, 1.82) is 0 Å². The van der Waals surface area contributed by atoms with Gasteiger partial charge in [0.1, 0.15) is 17.6 Å². The topological polar surface area (TPSA) is 71.5 Å². The van der Waals surface area contributed by atoms with Crippen molar-refractivity contribution < 1.29 is 45.1 Å². The molecule has 13 heteroatoms. The lowest BCUT2D eigenvalue weighted by Crippen LogP contribution is -2.50. The van der Waals surface area contributed by atoms with Gasteiger partial charge in [0.05, 0.1) is 24.8 Å². The van der Waals surface area contributed by atoms with Crippen molar-refractivity contribution in [3.8, 4) is 0 Å². The number of rotatable bonds is 6. The first-order valence-electron chi connectivity index (χ1n) is 11.9. The van der Waals surface area contributed by atoms with E-state index in [1.807, 2.05) is 6.92 Å². The molecule has 0 radical (unpaired) electrons. The summed E-state index contributed by atoms with van der Waals surface area (Å²) in [5.74, 6) is -3.17. The van der Waals surface area contributed by atoms with Crippen LogP contribution in [-0.2, 0) is 21.9 Å². The molecule has 1 N–H and O–H groups in total. The number of alkyl halides is 6. The Labute approximate surface area is 213 Å². The maximum Gasteiger partial charge on any atom is 0.433 e. The van der Waals surface area contributed by atoms with Crippen LogP contribution < -0.4 is 5.32 Å². The van der Waals surface area contributed by atoms with Crippen molar-refractivity contribution in [3.63, 3.8) is 0 Å². The number of nitrogens with zero attached hydrogens (tertiary/aromatic N) is 2. The van der Waals surface area contributed by atoms with E-state index < -0.39 is 59.2 Å². The quantitative estimate of drug-likeness (QED) is 0.517. The van der Waals surface area contributed by atoms with E-state index in [2.05, 4.69) is 10.3 Å². The van der Waals surface area contributed by atoms with E-state index in [9.17, 15) is 40.3 Å². The van der Waals surface area contributed by atoms with E-state index in [0.29, 0.717) is 18.6 Å². The van der Waals surface area contributed by atoms with Gasteiger partial charge in [0.25, 0.3) is 5.91 Å². The van der Waals surface area contributed by atoms with E-state index in [1.54, 1.807) is 0 Å². The first-order valence-corrected chi connectivity index (χ1v) is 11.9. The van der Waals surface area contributed by atoms with Crippen LogP contribution in [0.1, 0.15) is 53.0 Å². The van der Waals surface area contributed by atoms with Crippen LogP contribution in [0.15, 0.2) is 36.5 Å². The number of nitrogens with one attached hydrogen (secondary N) is 1. The summed E-state index contributed by atoms with van der Waals surface area (Å²) in [5.41, 5.74) is -2.88. The molecule has 0 saturated carbocycles. The van der Waals surface area contributed by atoms with Gasteiger partial charge in [0.2, 0.25) is 5.91 Å². The smallest absolute Gasteiger partial charge is 0.381 e. The van der Waals surface area contributed by atoms with Crippen LogP contribution in [0, 0.1) is 17.7 Å². The van der Waals surface area contributed by atoms with E-state index in [-0.39, 0.29) is 43.2 Å². The molecule has 1 unspecified atom stereocenters. The maximum absolute atomic E-state index is 14.8. The van der Waals surface area contributed by atoms with Crippen molar-refractivity contribution in [2.45, 2.75) is 44.2 Å². The third-order valence-electron chi connectivity index (χ3n) is 6.92. The van der Waals surface area contributed by atoms with Crippen molar-refractivity contribution in [2.75, 3.05) is 19.8 Å². The Hall–Kier alpha value is -3.22. The van der Waals surface area contributed by atoms with Crippen molar-refractivity contribution >= 4 is 11.8 Å². The standard InChI is InChI=1S/C25H24F7N3O3/c1-2-13-7-19(35(10-13)23(37)14-5-6-33-20(8-14)25(30,31)32)22(36)34-21(15-11-38-12-15)17-4-3-16(9-18(17)26)24(27,28)29/h3-6,8-9,13,15,19,21H,2,7,10-12H2,1H3,(H,34,36)/t13-,19-,21?/m1/s1. The number of likely N-dealkylation sites (tertiary alicyclic amines) is 1. The van der Waals surface area contributed by atoms with Gasteiger partial charge in [-0.1, -0.05) is 19.4 Å². The number of carbonyl (C=O) groups excluding carboxylic acids is 2. The Morgan fingerprint density at radius 1 is 1.11 bits per heavy atom. The number of hydrogen-bond donors (Lipinski definition) is 1. The largest absolute Gasteiger partial charge is 0.433 e. The highest BCUT2D eigenvalue weighted by Gasteiger charge is 2.43. The second-order valence-corrected chi connectivity index (χ2v) is 9.43. The average molecular weight is 547 g/mol. The Kier molecular flexibility index (Phi) is 7.69. The lowest BCUT2D eigenvalue weighted by Gasteiger charge is -2.36. The molecule has 206 valence electrons. The Bertz CT molecular complexity index is 1200. The first-order chi connectivity index (χ1) is 17.8. The fourth-order valence-electron chi connectivity index (χ4n) is 4.68. The fourth-order valence-corrected chi connectivity index (χ4v) is 4.68. The van der Waals surface area contributed by atoms with Crippen LogP contribution in [0.3, 0.4) is 0 Å². The second-order valence-electron chi connectivity index (χ2n) is 9.43. The molecule has 3 heterocycles. The van der Waals surface area contributed by atoms with Crippen molar-refractivity contribution in [3.05, 3.63) is 64.7 Å². The third-order valence-corrected chi connectivity index (χ3v) is 6.92. The molecule has 3 atom stereocenters. The molecule has 2 fully saturated rings. The summed E-state index contributed by atoms with van der Waals surface area (Å²) in [5, 5.41) is 2.67. The molecule has 0 aliphatic carbocycles. The Balaban J connectivity index is 1.59. The second kappa shape index (κ2) is 10.5. The highest BCUT2D eigenvalue weighted by atomic mass is 19.4. The van der Waals surface area contributed by atoms with Crippen LogP contribution >= 0.6 is 0 Å². The van der Waals surface area contributed by atoms with Crippen molar-refractivity contribution in [1.82, 2.24) is 15.2 Å². The molecule has 1 aromatic heterocycles. The normalized spacial score (nSPS) is 21.2. The highest BCUT2D eigenvalue weighted by molar-refractivity contribution is 5.98. The van der Waals surface area contributed by atoms with Crippen molar-refractivity contribution in [2.24, 2.45) is 11.8 Å². The van der Waals surface area contributed by atoms with Crippen LogP contribution in [0.5, 0.6) is 0 Å². The van der Waals surface area contributed by atoms with Gasteiger partial charge in [-0.15, -0.1) is 0 Å². The molecule has 6 nitrogen and oxygen atoms in total. The van der Waals surface area contributed by atoms with Gasteiger partial charge in [-0.2, -0.15) is 26.3 Å². The van der Waals surface area contributed by atoms with Gasteiger partial charge in [-0.3, -0.25) is 14.6 Å². The summed E-state index contributed by atoms with van der Waals surface area (Å²) in [6.07, 6.45) is -7.86. The zero-order chi connectivity index (χ0) is 27.8. The minimum absolute atomic E-state index is 0.114. The minimum atomic E-state index is -4.77. The maximum atomic E-state index is 14.8. The molecule has 2 saturated heterocycles.